The summed E-state index contributed by atoms with van der Waals surface area (Å²) in [6.45, 7) is 0. The molecule has 1 aromatic carbocycles. The number of carbonyl (C=O) groups excluding carboxylic acids is 1. The van der Waals surface area contributed by atoms with Gasteiger partial charge in [-0.1, -0.05) is 12.1 Å². The average Bonchev–Trinajstić information content (AvgIpc) is 2.73. The molecule has 3 aromatic heterocycles. The number of halogens is 3. The average molecular weight is 394 g/mol. The van der Waals surface area contributed by atoms with Crippen molar-refractivity contribution in [1.82, 2.24) is 15.0 Å². The number of benzene rings is 1. The minimum absolute atomic E-state index is 0.113. The fourth-order valence-corrected chi connectivity index (χ4v) is 2.88. The summed E-state index contributed by atoms with van der Waals surface area (Å²) < 4.78 is 39.3. The van der Waals surface area contributed by atoms with Crippen LogP contribution >= 0.6 is 0 Å². The van der Waals surface area contributed by atoms with Crippen molar-refractivity contribution in [3.63, 3.8) is 0 Å². The largest absolute Gasteiger partial charge is 0.416 e. The van der Waals surface area contributed by atoms with E-state index in [0.717, 1.165) is 12.1 Å². The number of hydrogen-bond donors (Lipinski definition) is 1. The van der Waals surface area contributed by atoms with Gasteiger partial charge in [0.25, 0.3) is 5.91 Å². The molecule has 3 heterocycles. The second-order valence-electron chi connectivity index (χ2n) is 6.20. The molecule has 0 aliphatic carbocycles. The van der Waals surface area contributed by atoms with Crippen molar-refractivity contribution in [3.05, 3.63) is 84.4 Å². The number of nitrogens with one attached hydrogen (secondary N) is 1. The fourth-order valence-electron chi connectivity index (χ4n) is 2.88. The number of aromatic nitrogens is 3. The van der Waals surface area contributed by atoms with Gasteiger partial charge < -0.3 is 5.32 Å². The zero-order valence-electron chi connectivity index (χ0n) is 14.8. The van der Waals surface area contributed by atoms with Gasteiger partial charge >= 0.3 is 6.18 Å². The van der Waals surface area contributed by atoms with E-state index in [1.807, 2.05) is 0 Å². The third kappa shape index (κ3) is 3.91. The van der Waals surface area contributed by atoms with Crippen molar-refractivity contribution >= 4 is 22.6 Å². The number of amides is 1. The molecule has 8 heteroatoms. The van der Waals surface area contributed by atoms with Gasteiger partial charge in [0.1, 0.15) is 5.69 Å². The highest BCUT2D eigenvalue weighted by Gasteiger charge is 2.30. The molecule has 0 bridgehead atoms. The first kappa shape index (κ1) is 18.5. The molecule has 0 unspecified atom stereocenters. The van der Waals surface area contributed by atoms with Crippen LogP contribution in [-0.4, -0.2) is 20.9 Å². The van der Waals surface area contributed by atoms with Crippen molar-refractivity contribution in [2.75, 3.05) is 5.32 Å². The summed E-state index contributed by atoms with van der Waals surface area (Å²) in [5, 5.41) is 2.68. The second kappa shape index (κ2) is 7.31. The van der Waals surface area contributed by atoms with Gasteiger partial charge in [-0.15, -0.1) is 0 Å². The number of anilines is 1. The normalized spacial score (nSPS) is 11.4. The van der Waals surface area contributed by atoms with E-state index >= 15 is 0 Å². The lowest BCUT2D eigenvalue weighted by atomic mass is 10.0. The van der Waals surface area contributed by atoms with Gasteiger partial charge in [0.15, 0.2) is 0 Å². The number of carbonyl (C=O) groups is 1. The molecule has 0 spiro atoms. The summed E-state index contributed by atoms with van der Waals surface area (Å²) in [7, 11) is 0. The van der Waals surface area contributed by atoms with Crippen molar-refractivity contribution in [2.45, 2.75) is 6.18 Å². The van der Waals surface area contributed by atoms with E-state index in [1.54, 1.807) is 36.5 Å². The highest BCUT2D eigenvalue weighted by Crippen LogP contribution is 2.33. The Morgan fingerprint density at radius 3 is 2.59 bits per heavy atom. The van der Waals surface area contributed by atoms with Crippen LogP contribution in [0.3, 0.4) is 0 Å². The summed E-state index contributed by atoms with van der Waals surface area (Å²) >= 11 is 0. The Hall–Kier alpha value is -3.81. The number of pyridine rings is 3. The predicted molar refractivity (Wildman–Crippen MR) is 102 cm³/mol. The first-order valence-corrected chi connectivity index (χ1v) is 8.56. The first-order chi connectivity index (χ1) is 13.9. The van der Waals surface area contributed by atoms with Gasteiger partial charge in [-0.3, -0.25) is 14.8 Å². The number of fused-ring (bicyclic) bond motifs is 1. The molecule has 0 aliphatic heterocycles. The quantitative estimate of drug-likeness (QED) is 0.533. The van der Waals surface area contributed by atoms with Crippen LogP contribution in [0.15, 0.2) is 73.2 Å². The van der Waals surface area contributed by atoms with Crippen LogP contribution in [0.25, 0.3) is 22.2 Å². The van der Waals surface area contributed by atoms with Crippen LogP contribution < -0.4 is 5.32 Å². The van der Waals surface area contributed by atoms with E-state index in [1.165, 1.54) is 24.5 Å². The molecular formula is C21H13F3N4O. The Labute approximate surface area is 163 Å². The zero-order chi connectivity index (χ0) is 20.4. The Bertz CT molecular complexity index is 1190. The highest BCUT2D eigenvalue weighted by atomic mass is 19.4. The van der Waals surface area contributed by atoms with Crippen LogP contribution in [0.2, 0.25) is 0 Å². The maximum absolute atomic E-state index is 13.1. The summed E-state index contributed by atoms with van der Waals surface area (Å²) in [5.41, 5.74) is 1.46. The molecular weight excluding hydrogens is 381 g/mol. The Morgan fingerprint density at radius 1 is 0.966 bits per heavy atom. The molecule has 1 amide bonds. The van der Waals surface area contributed by atoms with Gasteiger partial charge in [0, 0.05) is 18.0 Å². The van der Waals surface area contributed by atoms with E-state index in [0.29, 0.717) is 27.8 Å². The maximum atomic E-state index is 13.1. The molecule has 0 radical (unpaired) electrons. The van der Waals surface area contributed by atoms with Crippen LogP contribution in [0.5, 0.6) is 0 Å². The van der Waals surface area contributed by atoms with Gasteiger partial charge in [0.05, 0.1) is 28.5 Å². The smallest absolute Gasteiger partial charge is 0.319 e. The standard InChI is InChI=1S/C21H13F3N4O/c22-21(23,24)14-4-1-3-13(11-14)16-8-10-26-17-6-7-18(28-19(16)17)20(29)27-15-5-2-9-25-12-15/h1-12H,(H,27,29). The van der Waals surface area contributed by atoms with Gasteiger partial charge in [0.2, 0.25) is 0 Å². The Balaban J connectivity index is 1.76. The fraction of sp³-hybridized carbons (Fsp3) is 0.0476. The Kier molecular flexibility index (Phi) is 4.67. The lowest BCUT2D eigenvalue weighted by Crippen LogP contribution is -2.14. The van der Waals surface area contributed by atoms with Crippen molar-refractivity contribution < 1.29 is 18.0 Å². The van der Waals surface area contributed by atoms with Crippen molar-refractivity contribution in [1.29, 1.82) is 0 Å². The van der Waals surface area contributed by atoms with E-state index in [2.05, 4.69) is 20.3 Å². The van der Waals surface area contributed by atoms with Crippen LogP contribution in [-0.2, 0) is 6.18 Å². The van der Waals surface area contributed by atoms with Gasteiger partial charge in [-0.05, 0) is 48.0 Å². The lowest BCUT2D eigenvalue weighted by Gasteiger charge is -2.11. The number of rotatable bonds is 3. The molecule has 0 saturated carbocycles. The molecule has 0 fully saturated rings. The van der Waals surface area contributed by atoms with Crippen LogP contribution in [0, 0.1) is 0 Å². The van der Waals surface area contributed by atoms with Crippen LogP contribution in [0.1, 0.15) is 16.1 Å². The van der Waals surface area contributed by atoms with E-state index < -0.39 is 17.6 Å². The highest BCUT2D eigenvalue weighted by molar-refractivity contribution is 6.04. The number of alkyl halides is 3. The molecule has 29 heavy (non-hydrogen) atoms. The predicted octanol–water partition coefficient (Wildman–Crippen LogP) is 4.96. The van der Waals surface area contributed by atoms with Gasteiger partial charge in [-0.25, -0.2) is 4.98 Å². The molecule has 0 atom stereocenters. The monoisotopic (exact) mass is 394 g/mol. The topological polar surface area (TPSA) is 67.8 Å². The minimum Gasteiger partial charge on any atom is -0.319 e. The molecule has 0 saturated heterocycles. The summed E-state index contributed by atoms with van der Waals surface area (Å²) in [4.78, 5) is 25.0. The van der Waals surface area contributed by atoms with E-state index in [-0.39, 0.29) is 5.69 Å². The first-order valence-electron chi connectivity index (χ1n) is 8.56. The van der Waals surface area contributed by atoms with Crippen LogP contribution in [0.4, 0.5) is 18.9 Å². The number of nitrogens with zero attached hydrogens (tertiary/aromatic N) is 3. The molecule has 144 valence electrons. The number of hydrogen-bond acceptors (Lipinski definition) is 4. The third-order valence-electron chi connectivity index (χ3n) is 4.24. The maximum Gasteiger partial charge on any atom is 0.416 e. The molecule has 4 rings (SSSR count). The van der Waals surface area contributed by atoms with Crippen molar-refractivity contribution in [2.24, 2.45) is 0 Å². The Morgan fingerprint density at radius 2 is 1.83 bits per heavy atom. The molecule has 4 aromatic rings. The zero-order valence-corrected chi connectivity index (χ0v) is 14.8. The van der Waals surface area contributed by atoms with E-state index in [4.69, 9.17) is 0 Å². The molecule has 0 aliphatic rings. The van der Waals surface area contributed by atoms with Crippen molar-refractivity contribution in [3.8, 4) is 11.1 Å². The second-order valence-corrected chi connectivity index (χ2v) is 6.20. The third-order valence-corrected chi connectivity index (χ3v) is 4.24. The minimum atomic E-state index is -4.46. The summed E-state index contributed by atoms with van der Waals surface area (Å²) in [6, 6.07) is 13.0. The van der Waals surface area contributed by atoms with Gasteiger partial charge in [-0.2, -0.15) is 13.2 Å². The summed E-state index contributed by atoms with van der Waals surface area (Å²) in [6.07, 6.45) is 0.113. The SMILES string of the molecule is O=C(Nc1cccnc1)c1ccc2nccc(-c3cccc(C(F)(F)F)c3)c2n1. The lowest BCUT2D eigenvalue weighted by molar-refractivity contribution is -0.137. The molecule has 5 nitrogen and oxygen atoms in total. The van der Waals surface area contributed by atoms with E-state index in [9.17, 15) is 18.0 Å². The summed E-state index contributed by atoms with van der Waals surface area (Å²) in [5.74, 6) is -0.459. The molecule has 1 N–H and O–H groups in total.